The van der Waals surface area contributed by atoms with Crippen LogP contribution in [0.15, 0.2) is 48.5 Å². The maximum Gasteiger partial charge on any atom is 2.00 e. The molecule has 0 heterocycles. The van der Waals surface area contributed by atoms with E-state index in [9.17, 15) is 0 Å². The van der Waals surface area contributed by atoms with Gasteiger partial charge in [0, 0.05) is 23.0 Å². The zero-order valence-electron chi connectivity index (χ0n) is 14.7. The van der Waals surface area contributed by atoms with Gasteiger partial charge < -0.3 is 0 Å². The third-order valence-electron chi connectivity index (χ3n) is 4.10. The van der Waals surface area contributed by atoms with E-state index in [0.29, 0.717) is 0 Å². The number of terminal acetylenes is 2. The van der Waals surface area contributed by atoms with Crippen molar-refractivity contribution in [3.05, 3.63) is 134 Å². The van der Waals surface area contributed by atoms with Crippen LogP contribution in [-0.2, 0) is 17.1 Å². The third-order valence-corrected chi connectivity index (χ3v) is 4.10. The van der Waals surface area contributed by atoms with Crippen molar-refractivity contribution in [2.24, 2.45) is 0 Å². The summed E-state index contributed by atoms with van der Waals surface area (Å²) in [6.07, 6.45) is 27.0. The van der Waals surface area contributed by atoms with E-state index in [-0.39, 0.29) is 17.1 Å². The largest absolute Gasteiger partial charge is 2.00 e. The average molecular weight is 386 g/mol. The quantitative estimate of drug-likeness (QED) is 0.512. The fourth-order valence-electron chi connectivity index (χ4n) is 2.65. The Bertz CT molecular complexity index is 689. The molecule has 0 spiro atoms. The van der Waals surface area contributed by atoms with Gasteiger partial charge in [0.15, 0.2) is 0 Å². The molecule has 4 rings (SSSR count). The fraction of sp³-hybridized carbons (Fsp3) is 0. The van der Waals surface area contributed by atoms with E-state index in [1.165, 1.54) is 23.0 Å². The average Bonchev–Trinajstić information content (AvgIpc) is 3.43. The van der Waals surface area contributed by atoms with Crippen molar-refractivity contribution >= 4 is 0 Å². The van der Waals surface area contributed by atoms with Crippen LogP contribution in [-0.4, -0.2) is 0 Å². The van der Waals surface area contributed by atoms with E-state index in [4.69, 9.17) is 12.8 Å². The van der Waals surface area contributed by atoms with Gasteiger partial charge in [-0.15, -0.1) is 12.8 Å². The molecule has 0 N–H and O–H groups in total. The monoisotopic (exact) mass is 386 g/mol. The van der Waals surface area contributed by atoms with Gasteiger partial charge >= 0.3 is 17.1 Å². The molecule has 0 amide bonds. The van der Waals surface area contributed by atoms with Gasteiger partial charge in [-0.1, -0.05) is 36.1 Å². The maximum absolute atomic E-state index is 5.27. The standard InChI is InChI=1S/2C13H9.Fe/c2*1-2-11-7-9-13(10-8-11)12-5-3-4-6-12;/h2*1,3-10H;/q;;+2. The SMILES string of the molecule is C#Cc1ccc([C]2[CH][CH][CH][CH]2)cc1.C#Cc1ccc([C]2[CH][CH][CH][CH]2)cc1.[Fe+2]. The molecule has 2 aromatic rings. The van der Waals surface area contributed by atoms with Gasteiger partial charge in [0.2, 0.25) is 0 Å². The van der Waals surface area contributed by atoms with Gasteiger partial charge in [-0.2, -0.15) is 0 Å². The van der Waals surface area contributed by atoms with Crippen molar-refractivity contribution in [1.29, 1.82) is 0 Å². The van der Waals surface area contributed by atoms with Crippen molar-refractivity contribution in [2.75, 3.05) is 0 Å². The van der Waals surface area contributed by atoms with Gasteiger partial charge in [0.05, 0.1) is 0 Å². The summed E-state index contributed by atoms with van der Waals surface area (Å²) < 4.78 is 0. The van der Waals surface area contributed by atoms with Crippen molar-refractivity contribution in [1.82, 2.24) is 0 Å². The maximum atomic E-state index is 5.27. The Labute approximate surface area is 175 Å². The molecule has 0 aromatic heterocycles. The van der Waals surface area contributed by atoms with Crippen molar-refractivity contribution < 1.29 is 17.1 Å². The zero-order valence-corrected chi connectivity index (χ0v) is 15.9. The molecular formula is C26H18Fe+2. The van der Waals surface area contributed by atoms with Crippen LogP contribution >= 0.6 is 0 Å². The zero-order chi connectivity index (χ0) is 18.2. The topological polar surface area (TPSA) is 0 Å². The predicted molar refractivity (Wildman–Crippen MR) is 108 cm³/mol. The Morgan fingerprint density at radius 2 is 0.778 bits per heavy atom. The summed E-state index contributed by atoms with van der Waals surface area (Å²) in [5.41, 5.74) is 4.28. The molecule has 0 aliphatic heterocycles. The van der Waals surface area contributed by atoms with E-state index < -0.39 is 0 Å². The molecule has 2 aliphatic carbocycles. The van der Waals surface area contributed by atoms with Crippen LogP contribution in [0.5, 0.6) is 0 Å². The minimum absolute atomic E-state index is 0. The summed E-state index contributed by atoms with van der Waals surface area (Å²) in [4.78, 5) is 0. The van der Waals surface area contributed by atoms with Gasteiger partial charge in [-0.25, -0.2) is 0 Å². The summed E-state index contributed by atoms with van der Waals surface area (Å²) in [6, 6.07) is 16.0. The summed E-state index contributed by atoms with van der Waals surface area (Å²) in [7, 11) is 0. The first-order valence-electron chi connectivity index (χ1n) is 8.37. The molecule has 0 saturated heterocycles. The van der Waals surface area contributed by atoms with Crippen molar-refractivity contribution in [3.8, 4) is 24.7 Å². The van der Waals surface area contributed by atoms with Gasteiger partial charge in [0.1, 0.15) is 0 Å². The number of benzene rings is 2. The molecule has 27 heavy (non-hydrogen) atoms. The summed E-state index contributed by atoms with van der Waals surface area (Å²) >= 11 is 0. The Morgan fingerprint density at radius 1 is 0.481 bits per heavy atom. The first-order chi connectivity index (χ1) is 12.8. The van der Waals surface area contributed by atoms with Crippen LogP contribution in [0.1, 0.15) is 22.3 Å². The first-order valence-corrected chi connectivity index (χ1v) is 8.37. The Kier molecular flexibility index (Phi) is 8.75. The van der Waals surface area contributed by atoms with Crippen LogP contribution < -0.4 is 0 Å². The van der Waals surface area contributed by atoms with Crippen LogP contribution in [0.2, 0.25) is 0 Å². The number of hydrogen-bond donors (Lipinski definition) is 0. The predicted octanol–water partition coefficient (Wildman–Crippen LogP) is 4.84. The van der Waals surface area contributed by atoms with Gasteiger partial charge in [0.25, 0.3) is 0 Å². The van der Waals surface area contributed by atoms with E-state index in [1.54, 1.807) is 0 Å². The second-order valence-electron chi connectivity index (χ2n) is 5.79. The van der Waals surface area contributed by atoms with Gasteiger partial charge in [-0.3, -0.25) is 0 Å². The minimum Gasteiger partial charge on any atom is -0.115 e. The van der Waals surface area contributed by atoms with E-state index >= 15 is 0 Å². The van der Waals surface area contributed by atoms with Crippen LogP contribution in [0.25, 0.3) is 0 Å². The molecule has 1 heteroatoms. The van der Waals surface area contributed by atoms with Gasteiger partial charge in [-0.05, 0) is 86.8 Å². The smallest absolute Gasteiger partial charge is 0.115 e. The van der Waals surface area contributed by atoms with E-state index in [0.717, 1.165) is 11.1 Å². The molecule has 0 nitrogen and oxygen atoms in total. The molecule has 2 aromatic carbocycles. The molecule has 2 fully saturated rings. The van der Waals surface area contributed by atoms with Crippen molar-refractivity contribution in [3.63, 3.8) is 0 Å². The molecule has 0 atom stereocenters. The van der Waals surface area contributed by atoms with Crippen LogP contribution in [0.4, 0.5) is 0 Å². The molecule has 128 valence electrons. The third kappa shape index (κ3) is 6.04. The molecule has 2 saturated carbocycles. The van der Waals surface area contributed by atoms with Crippen LogP contribution in [0, 0.1) is 87.9 Å². The minimum atomic E-state index is 0. The van der Waals surface area contributed by atoms with Crippen molar-refractivity contribution in [2.45, 2.75) is 0 Å². The molecule has 0 unspecified atom stereocenters. The Hall–Kier alpha value is -1.92. The second kappa shape index (κ2) is 11.0. The number of rotatable bonds is 2. The summed E-state index contributed by atoms with van der Waals surface area (Å²) in [6.45, 7) is 0. The van der Waals surface area contributed by atoms with Crippen LogP contribution in [0.3, 0.4) is 0 Å². The second-order valence-corrected chi connectivity index (χ2v) is 5.79. The fourth-order valence-corrected chi connectivity index (χ4v) is 2.65. The number of hydrogen-bond acceptors (Lipinski definition) is 0. The molecule has 2 aliphatic rings. The molecule has 0 bridgehead atoms. The normalized spacial score (nSPS) is 16.5. The Balaban J connectivity index is 0.000000187. The summed E-state index contributed by atoms with van der Waals surface area (Å²) in [5.74, 6) is 7.68. The summed E-state index contributed by atoms with van der Waals surface area (Å²) in [5, 5.41) is 0. The van der Waals surface area contributed by atoms with E-state index in [1.807, 2.05) is 74.2 Å². The molecule has 10 radical (unpaired) electrons. The molecular weight excluding hydrogens is 368 g/mol. The first kappa shape index (κ1) is 21.4. The van der Waals surface area contributed by atoms with E-state index in [2.05, 4.69) is 37.5 Å². The Morgan fingerprint density at radius 3 is 1.04 bits per heavy atom.